The van der Waals surface area contributed by atoms with Crippen molar-refractivity contribution < 1.29 is 4.42 Å². The molecule has 2 aromatic heterocycles. The van der Waals surface area contributed by atoms with E-state index in [0.717, 1.165) is 78.4 Å². The molecular weight excluding hydrogens is 803 g/mol. The first-order chi connectivity index (χ1) is 32.7. The number of nitrogens with zero attached hydrogens (tertiary/aromatic N) is 3. The Morgan fingerprint density at radius 1 is 0.288 bits per heavy atom. The van der Waals surface area contributed by atoms with Gasteiger partial charge in [-0.15, -0.1) is 0 Å². The third-order valence-corrected chi connectivity index (χ3v) is 13.1. The summed E-state index contributed by atoms with van der Waals surface area (Å²) in [7, 11) is 0. The summed E-state index contributed by atoms with van der Waals surface area (Å²) in [5.74, 6) is 0. The van der Waals surface area contributed by atoms with Gasteiger partial charge in [0, 0.05) is 67.4 Å². The molecule has 0 fully saturated rings. The minimum absolute atomic E-state index is 0.858. The Labute approximate surface area is 382 Å². The fourth-order valence-corrected chi connectivity index (χ4v) is 10.1. The average molecular weight is 844 g/mol. The molecule has 0 unspecified atom stereocenters. The lowest BCUT2D eigenvalue weighted by Crippen LogP contribution is -2.11. The second kappa shape index (κ2) is 15.4. The molecule has 13 rings (SSSR count). The number of para-hydroxylation sites is 4. The number of aromatic nitrogens is 1. The Kier molecular flexibility index (Phi) is 8.81. The zero-order valence-corrected chi connectivity index (χ0v) is 35.9. The molecule has 4 heteroatoms. The molecule has 0 aliphatic rings. The molecule has 66 heavy (non-hydrogen) atoms. The fourth-order valence-electron chi connectivity index (χ4n) is 10.1. The van der Waals surface area contributed by atoms with Gasteiger partial charge < -0.3 is 18.8 Å². The molecular formula is C62H41N3O. The predicted octanol–water partition coefficient (Wildman–Crippen LogP) is 17.6. The lowest BCUT2D eigenvalue weighted by atomic mass is 9.96. The van der Waals surface area contributed by atoms with Gasteiger partial charge >= 0.3 is 0 Å². The molecule has 310 valence electrons. The molecule has 0 saturated heterocycles. The van der Waals surface area contributed by atoms with E-state index in [1.807, 2.05) is 0 Å². The van der Waals surface area contributed by atoms with Crippen LogP contribution in [0.4, 0.5) is 34.1 Å². The highest BCUT2D eigenvalue weighted by Gasteiger charge is 2.21. The van der Waals surface area contributed by atoms with Gasteiger partial charge in [0.2, 0.25) is 0 Å². The molecule has 0 radical (unpaired) electrons. The molecule has 0 aliphatic carbocycles. The molecule has 0 bridgehead atoms. The van der Waals surface area contributed by atoms with Gasteiger partial charge in [-0.1, -0.05) is 140 Å². The molecule has 11 aromatic carbocycles. The smallest absolute Gasteiger partial charge is 0.137 e. The van der Waals surface area contributed by atoms with Crippen LogP contribution < -0.4 is 9.80 Å². The Bertz CT molecular complexity index is 3950. The molecule has 0 aliphatic heterocycles. The lowest BCUT2D eigenvalue weighted by molar-refractivity contribution is 0.669. The van der Waals surface area contributed by atoms with E-state index in [9.17, 15) is 0 Å². The minimum Gasteiger partial charge on any atom is -0.456 e. The lowest BCUT2D eigenvalue weighted by Gasteiger charge is -2.28. The Morgan fingerprint density at radius 3 is 1.59 bits per heavy atom. The summed E-state index contributed by atoms with van der Waals surface area (Å²) >= 11 is 0. The van der Waals surface area contributed by atoms with Gasteiger partial charge in [0.05, 0.1) is 11.0 Å². The average Bonchev–Trinajstić information content (AvgIpc) is 3.90. The molecule has 0 saturated carbocycles. The number of anilines is 6. The van der Waals surface area contributed by atoms with Crippen molar-refractivity contribution in [1.82, 2.24) is 4.57 Å². The molecule has 0 amide bonds. The van der Waals surface area contributed by atoms with Gasteiger partial charge in [-0.05, 0) is 136 Å². The van der Waals surface area contributed by atoms with Crippen LogP contribution in [0, 0.1) is 0 Å². The summed E-state index contributed by atoms with van der Waals surface area (Å²) in [6.07, 6.45) is 0. The van der Waals surface area contributed by atoms with Gasteiger partial charge in [0.1, 0.15) is 11.2 Å². The highest BCUT2D eigenvalue weighted by Crippen LogP contribution is 2.45. The molecule has 0 N–H and O–H groups in total. The number of benzene rings is 11. The van der Waals surface area contributed by atoms with Crippen molar-refractivity contribution in [3.8, 4) is 16.8 Å². The summed E-state index contributed by atoms with van der Waals surface area (Å²) in [4.78, 5) is 4.73. The summed E-state index contributed by atoms with van der Waals surface area (Å²) in [6, 6.07) is 89.5. The number of hydrogen-bond acceptors (Lipinski definition) is 3. The second-order valence-corrected chi connectivity index (χ2v) is 17.0. The first kappa shape index (κ1) is 37.7. The quantitative estimate of drug-likeness (QED) is 0.152. The van der Waals surface area contributed by atoms with Crippen LogP contribution in [0.15, 0.2) is 253 Å². The van der Waals surface area contributed by atoms with Crippen LogP contribution in [-0.4, -0.2) is 4.57 Å². The van der Waals surface area contributed by atoms with Gasteiger partial charge in [0.15, 0.2) is 0 Å². The zero-order valence-electron chi connectivity index (χ0n) is 35.9. The van der Waals surface area contributed by atoms with Crippen LogP contribution >= 0.6 is 0 Å². The summed E-state index contributed by atoms with van der Waals surface area (Å²) < 4.78 is 9.00. The van der Waals surface area contributed by atoms with E-state index >= 15 is 0 Å². The van der Waals surface area contributed by atoms with E-state index in [4.69, 9.17) is 4.42 Å². The van der Waals surface area contributed by atoms with Crippen LogP contribution in [0.3, 0.4) is 0 Å². The normalized spacial score (nSPS) is 11.6. The Morgan fingerprint density at radius 2 is 0.833 bits per heavy atom. The first-order valence-electron chi connectivity index (χ1n) is 22.5. The minimum atomic E-state index is 0.858. The van der Waals surface area contributed by atoms with E-state index < -0.39 is 0 Å². The highest BCUT2D eigenvalue weighted by atomic mass is 16.3. The highest BCUT2D eigenvalue weighted by molar-refractivity contribution is 6.12. The summed E-state index contributed by atoms with van der Waals surface area (Å²) in [6.45, 7) is 0. The van der Waals surface area contributed by atoms with Crippen LogP contribution in [0.25, 0.3) is 82.1 Å². The number of hydrogen-bond donors (Lipinski definition) is 0. The third kappa shape index (κ3) is 6.30. The van der Waals surface area contributed by atoms with E-state index in [1.165, 1.54) is 37.8 Å². The van der Waals surface area contributed by atoms with Crippen molar-refractivity contribution in [3.63, 3.8) is 0 Å². The van der Waals surface area contributed by atoms with Gasteiger partial charge in [-0.25, -0.2) is 0 Å². The number of rotatable bonds is 8. The molecule has 4 nitrogen and oxygen atoms in total. The largest absolute Gasteiger partial charge is 0.456 e. The van der Waals surface area contributed by atoms with Gasteiger partial charge in [-0.3, -0.25) is 0 Å². The van der Waals surface area contributed by atoms with Crippen molar-refractivity contribution in [3.05, 3.63) is 249 Å². The van der Waals surface area contributed by atoms with Crippen molar-refractivity contribution in [2.24, 2.45) is 0 Å². The molecule has 0 spiro atoms. The third-order valence-electron chi connectivity index (χ3n) is 13.1. The molecule has 0 atom stereocenters. The standard InChI is InChI=1S/C62H41N3O/c1-4-21-46(22-5-1)63(51-32-34-56-58-37-42-17-10-11-18-43(42)38-61(58)66-62(56)41-51)49-27-16-20-45(35-49)57-39-52(36-44-19-12-13-28-53(44)57)64(47-23-6-2-7-24-47)50-31-33-55-54-29-14-15-30-59(54)65(60(55)40-50)48-25-8-3-9-26-48/h1-41H. The van der Waals surface area contributed by atoms with E-state index in [0.29, 0.717) is 0 Å². The Balaban J connectivity index is 0.977. The van der Waals surface area contributed by atoms with Gasteiger partial charge in [-0.2, -0.15) is 0 Å². The maximum atomic E-state index is 6.61. The molecule has 2 heterocycles. The van der Waals surface area contributed by atoms with E-state index in [2.05, 4.69) is 263 Å². The number of furan rings is 1. The molecule has 13 aromatic rings. The fraction of sp³-hybridized carbons (Fsp3) is 0. The van der Waals surface area contributed by atoms with Crippen LogP contribution in [0.5, 0.6) is 0 Å². The number of fused-ring (bicyclic) bond motifs is 8. The SMILES string of the molecule is c1ccc(N(c2cccc(-c3cc(N(c4ccccc4)c4ccc5c6ccccc6n(-c6ccccc6)c5c4)cc4ccccc34)c2)c2ccc3c(c2)oc2cc4ccccc4cc23)cc1. The summed E-state index contributed by atoms with van der Waals surface area (Å²) in [5, 5.41) is 9.41. The topological polar surface area (TPSA) is 24.6 Å². The zero-order chi connectivity index (χ0) is 43.6. The predicted molar refractivity (Wildman–Crippen MR) is 278 cm³/mol. The maximum absolute atomic E-state index is 6.61. The van der Waals surface area contributed by atoms with Crippen molar-refractivity contribution in [1.29, 1.82) is 0 Å². The van der Waals surface area contributed by atoms with Crippen LogP contribution in [0.1, 0.15) is 0 Å². The van der Waals surface area contributed by atoms with E-state index in [-0.39, 0.29) is 0 Å². The van der Waals surface area contributed by atoms with Crippen molar-refractivity contribution in [2.75, 3.05) is 9.80 Å². The summed E-state index contributed by atoms with van der Waals surface area (Å²) in [5.41, 5.74) is 13.9. The van der Waals surface area contributed by atoms with Crippen LogP contribution in [-0.2, 0) is 0 Å². The monoisotopic (exact) mass is 843 g/mol. The van der Waals surface area contributed by atoms with Crippen molar-refractivity contribution in [2.45, 2.75) is 0 Å². The van der Waals surface area contributed by atoms with Crippen LogP contribution in [0.2, 0.25) is 0 Å². The Hall–Kier alpha value is -8.86. The first-order valence-corrected chi connectivity index (χ1v) is 22.5. The maximum Gasteiger partial charge on any atom is 0.137 e. The van der Waals surface area contributed by atoms with Crippen molar-refractivity contribution >= 4 is 99.4 Å². The second-order valence-electron chi connectivity index (χ2n) is 17.0. The van der Waals surface area contributed by atoms with E-state index in [1.54, 1.807) is 0 Å². The van der Waals surface area contributed by atoms with Gasteiger partial charge in [0.25, 0.3) is 0 Å².